The molecule has 3 heterocycles. The summed E-state index contributed by atoms with van der Waals surface area (Å²) < 4.78 is 32.3. The third-order valence-corrected chi connectivity index (χ3v) is 8.65. The smallest absolute Gasteiger partial charge is 0.252 e. The van der Waals surface area contributed by atoms with Gasteiger partial charge in [-0.1, -0.05) is 18.2 Å². The van der Waals surface area contributed by atoms with E-state index in [1.165, 1.54) is 4.31 Å². The van der Waals surface area contributed by atoms with Crippen LogP contribution in [-0.2, 0) is 30.9 Å². The molecule has 0 radical (unpaired) electrons. The molecule has 2 amide bonds. The molecule has 2 aliphatic heterocycles. The Bertz CT molecular complexity index is 1020. The van der Waals surface area contributed by atoms with Crippen LogP contribution in [0.2, 0.25) is 0 Å². The van der Waals surface area contributed by atoms with Crippen LogP contribution in [0.15, 0.2) is 46.7 Å². The van der Waals surface area contributed by atoms with Crippen molar-refractivity contribution in [2.75, 3.05) is 37.7 Å². The highest BCUT2D eigenvalue weighted by Crippen LogP contribution is 2.27. The van der Waals surface area contributed by atoms with Crippen LogP contribution in [0, 0.1) is 5.92 Å². The maximum atomic E-state index is 12.7. The van der Waals surface area contributed by atoms with Gasteiger partial charge in [-0.25, -0.2) is 8.42 Å². The van der Waals surface area contributed by atoms with Gasteiger partial charge in [0.05, 0.1) is 25.7 Å². The van der Waals surface area contributed by atoms with Crippen LogP contribution in [0.5, 0.6) is 0 Å². The Labute approximate surface area is 179 Å². The average molecular weight is 450 g/mol. The zero-order chi connectivity index (χ0) is 21.1. The van der Waals surface area contributed by atoms with E-state index in [9.17, 15) is 18.0 Å². The molecule has 8 nitrogen and oxygen atoms in total. The first-order chi connectivity index (χ1) is 14.4. The largest absolute Gasteiger partial charge is 0.379 e. The summed E-state index contributed by atoms with van der Waals surface area (Å²) in [6.07, 6.45) is 0.168. The van der Waals surface area contributed by atoms with Crippen molar-refractivity contribution in [1.29, 1.82) is 0 Å². The number of hydrogen-bond donors (Lipinski definition) is 1. The quantitative estimate of drug-likeness (QED) is 0.720. The number of amides is 2. The van der Waals surface area contributed by atoms with Crippen molar-refractivity contribution in [3.8, 4) is 0 Å². The number of carbonyl (C=O) groups excluding carboxylic acids is 2. The van der Waals surface area contributed by atoms with Crippen molar-refractivity contribution in [2.24, 2.45) is 5.92 Å². The van der Waals surface area contributed by atoms with E-state index in [-0.39, 0.29) is 29.0 Å². The van der Waals surface area contributed by atoms with E-state index >= 15 is 0 Å². The van der Waals surface area contributed by atoms with Crippen LogP contribution >= 0.6 is 11.3 Å². The van der Waals surface area contributed by atoms with Gasteiger partial charge in [-0.05, 0) is 24.3 Å². The lowest BCUT2D eigenvalue weighted by atomic mass is 10.1. The SMILES string of the molecule is O=C(NCc1ccc(S(=O)(=O)N2CCOCC2)s1)[C@@H]1CC(=O)N(c2ccccc2)C1. The van der Waals surface area contributed by atoms with E-state index in [4.69, 9.17) is 4.74 Å². The molecule has 4 rings (SSSR count). The molecule has 0 bridgehead atoms. The zero-order valence-electron chi connectivity index (χ0n) is 16.3. The summed E-state index contributed by atoms with van der Waals surface area (Å²) in [4.78, 5) is 27.2. The van der Waals surface area contributed by atoms with Crippen molar-refractivity contribution >= 4 is 38.9 Å². The van der Waals surface area contributed by atoms with E-state index in [2.05, 4.69) is 5.32 Å². The summed E-state index contributed by atoms with van der Waals surface area (Å²) in [5.74, 6) is -0.696. The van der Waals surface area contributed by atoms with Gasteiger partial charge in [0.25, 0.3) is 10.0 Å². The summed E-state index contributed by atoms with van der Waals surface area (Å²) in [5, 5.41) is 2.84. The Balaban J connectivity index is 1.34. The zero-order valence-corrected chi connectivity index (χ0v) is 18.0. The minimum Gasteiger partial charge on any atom is -0.379 e. The monoisotopic (exact) mass is 449 g/mol. The molecular formula is C20H23N3O5S2. The first-order valence-electron chi connectivity index (χ1n) is 9.75. The van der Waals surface area contributed by atoms with Crippen molar-refractivity contribution in [3.05, 3.63) is 47.3 Å². The molecule has 1 aromatic carbocycles. The lowest BCUT2D eigenvalue weighted by Crippen LogP contribution is -2.40. The topological polar surface area (TPSA) is 96.0 Å². The Hall–Kier alpha value is -2.27. The number of nitrogens with one attached hydrogen (secondary N) is 1. The Morgan fingerprint density at radius 1 is 1.13 bits per heavy atom. The lowest BCUT2D eigenvalue weighted by Gasteiger charge is -2.25. The van der Waals surface area contributed by atoms with Gasteiger partial charge >= 0.3 is 0 Å². The number of rotatable bonds is 6. The minimum absolute atomic E-state index is 0.0728. The molecule has 10 heteroatoms. The van der Waals surface area contributed by atoms with Crippen LogP contribution in [-0.4, -0.2) is 57.4 Å². The van der Waals surface area contributed by atoms with Crippen LogP contribution < -0.4 is 10.2 Å². The number of nitrogens with zero attached hydrogens (tertiary/aromatic N) is 2. The normalized spacial score (nSPS) is 20.5. The molecule has 0 saturated carbocycles. The van der Waals surface area contributed by atoms with Crippen molar-refractivity contribution in [1.82, 2.24) is 9.62 Å². The maximum Gasteiger partial charge on any atom is 0.252 e. The second-order valence-electron chi connectivity index (χ2n) is 7.20. The van der Waals surface area contributed by atoms with Crippen LogP contribution in [0.3, 0.4) is 0 Å². The van der Waals surface area contributed by atoms with E-state index in [1.54, 1.807) is 17.0 Å². The van der Waals surface area contributed by atoms with Gasteiger partial charge in [-0.15, -0.1) is 11.3 Å². The first kappa shape index (κ1) is 21.0. The number of anilines is 1. The minimum atomic E-state index is -3.53. The van der Waals surface area contributed by atoms with Gasteiger partial charge in [0.15, 0.2) is 0 Å². The predicted molar refractivity (Wildman–Crippen MR) is 113 cm³/mol. The maximum absolute atomic E-state index is 12.7. The van der Waals surface area contributed by atoms with Crippen molar-refractivity contribution in [2.45, 2.75) is 17.2 Å². The number of carbonyl (C=O) groups is 2. The van der Waals surface area contributed by atoms with Crippen molar-refractivity contribution < 1.29 is 22.7 Å². The van der Waals surface area contributed by atoms with E-state index in [0.717, 1.165) is 21.9 Å². The second-order valence-corrected chi connectivity index (χ2v) is 10.5. The molecule has 1 N–H and O–H groups in total. The first-order valence-corrected chi connectivity index (χ1v) is 12.0. The van der Waals surface area contributed by atoms with Crippen LogP contribution in [0.25, 0.3) is 0 Å². The average Bonchev–Trinajstić information content (AvgIpc) is 3.40. The lowest BCUT2D eigenvalue weighted by molar-refractivity contribution is -0.126. The van der Waals surface area contributed by atoms with E-state index < -0.39 is 15.9 Å². The molecule has 2 aliphatic rings. The predicted octanol–water partition coefficient (Wildman–Crippen LogP) is 1.44. The summed E-state index contributed by atoms with van der Waals surface area (Å²) >= 11 is 1.15. The number of para-hydroxylation sites is 1. The Morgan fingerprint density at radius 3 is 2.60 bits per heavy atom. The molecule has 30 heavy (non-hydrogen) atoms. The molecule has 160 valence electrons. The highest BCUT2D eigenvalue weighted by atomic mass is 32.2. The molecular weight excluding hydrogens is 426 g/mol. The fraction of sp³-hybridized carbons (Fsp3) is 0.400. The molecule has 1 atom stereocenters. The third kappa shape index (κ3) is 4.41. The molecule has 1 aromatic heterocycles. The summed E-state index contributed by atoms with van der Waals surface area (Å²) in [7, 11) is -3.53. The fourth-order valence-electron chi connectivity index (χ4n) is 3.57. The van der Waals surface area contributed by atoms with Gasteiger partial charge < -0.3 is 15.0 Å². The molecule has 0 aliphatic carbocycles. The third-order valence-electron chi connectivity index (χ3n) is 5.20. The summed E-state index contributed by atoms with van der Waals surface area (Å²) in [5.41, 5.74) is 0.786. The van der Waals surface area contributed by atoms with Gasteiger partial charge in [0.2, 0.25) is 11.8 Å². The van der Waals surface area contributed by atoms with Gasteiger partial charge in [-0.3, -0.25) is 9.59 Å². The van der Waals surface area contributed by atoms with E-state index in [0.29, 0.717) is 32.8 Å². The number of morpholine rings is 1. The fourth-order valence-corrected chi connectivity index (χ4v) is 6.42. The Kier molecular flexibility index (Phi) is 6.19. The molecule has 2 aromatic rings. The molecule has 2 fully saturated rings. The second kappa shape index (κ2) is 8.84. The van der Waals surface area contributed by atoms with Gasteiger partial charge in [-0.2, -0.15) is 4.31 Å². The number of benzene rings is 1. The van der Waals surface area contributed by atoms with Gasteiger partial charge in [0.1, 0.15) is 4.21 Å². The van der Waals surface area contributed by atoms with Gasteiger partial charge in [0, 0.05) is 36.6 Å². The highest BCUT2D eigenvalue weighted by Gasteiger charge is 2.35. The highest BCUT2D eigenvalue weighted by molar-refractivity contribution is 7.91. The summed E-state index contributed by atoms with van der Waals surface area (Å²) in [6, 6.07) is 12.6. The summed E-state index contributed by atoms with van der Waals surface area (Å²) in [6.45, 7) is 2.06. The Morgan fingerprint density at radius 2 is 1.87 bits per heavy atom. The molecule has 0 spiro atoms. The number of sulfonamides is 1. The number of thiophene rings is 1. The molecule has 0 unspecified atom stereocenters. The number of ether oxygens (including phenoxy) is 1. The van der Waals surface area contributed by atoms with Crippen molar-refractivity contribution in [3.63, 3.8) is 0 Å². The molecule has 2 saturated heterocycles. The van der Waals surface area contributed by atoms with Crippen LogP contribution in [0.1, 0.15) is 11.3 Å². The number of hydrogen-bond acceptors (Lipinski definition) is 6. The van der Waals surface area contributed by atoms with Crippen LogP contribution in [0.4, 0.5) is 5.69 Å². The standard InChI is InChI=1S/C20H23N3O5S2/c24-18-12-15(14-23(18)16-4-2-1-3-5-16)20(25)21-13-17-6-7-19(29-17)30(26,27)22-8-10-28-11-9-22/h1-7,15H,8-14H2,(H,21,25)/t15-/m1/s1. The van der Waals surface area contributed by atoms with E-state index in [1.807, 2.05) is 30.3 Å².